The summed E-state index contributed by atoms with van der Waals surface area (Å²) in [4.78, 5) is 32.5. The molecule has 2 aliphatic heterocycles. The fourth-order valence-corrected chi connectivity index (χ4v) is 5.87. The van der Waals surface area contributed by atoms with Gasteiger partial charge in [0.25, 0.3) is 5.91 Å². The van der Waals surface area contributed by atoms with Gasteiger partial charge < -0.3 is 23.7 Å². The minimum absolute atomic E-state index is 0.0854. The molecule has 1 aliphatic carbocycles. The second-order valence-corrected chi connectivity index (χ2v) is 11.4. The number of fused-ring (bicyclic) bond motifs is 1. The van der Waals surface area contributed by atoms with Crippen LogP contribution < -0.4 is 4.74 Å². The van der Waals surface area contributed by atoms with Crippen molar-refractivity contribution in [1.29, 1.82) is 0 Å². The number of furan rings is 1. The number of piperazine rings is 1. The van der Waals surface area contributed by atoms with E-state index in [1.807, 2.05) is 17.0 Å². The van der Waals surface area contributed by atoms with Gasteiger partial charge in [-0.1, -0.05) is 35.9 Å². The van der Waals surface area contributed by atoms with Crippen LogP contribution in [0.1, 0.15) is 57.5 Å². The molecule has 2 amide bonds. The van der Waals surface area contributed by atoms with Crippen molar-refractivity contribution in [3.05, 3.63) is 88.4 Å². The lowest BCUT2D eigenvalue weighted by Crippen LogP contribution is -2.49. The van der Waals surface area contributed by atoms with Crippen molar-refractivity contribution in [3.63, 3.8) is 0 Å². The van der Waals surface area contributed by atoms with Gasteiger partial charge in [-0.15, -0.1) is 0 Å². The van der Waals surface area contributed by atoms with Crippen LogP contribution in [0.3, 0.4) is 0 Å². The number of hydrogen-bond acceptors (Lipinski definition) is 6. The summed E-state index contributed by atoms with van der Waals surface area (Å²) in [5.41, 5.74) is 4.68. The van der Waals surface area contributed by atoms with Gasteiger partial charge in [0.1, 0.15) is 18.1 Å². The quantitative estimate of drug-likeness (QED) is 0.387. The Hall–Kier alpha value is -3.62. The molecule has 0 bridgehead atoms. The van der Waals surface area contributed by atoms with Crippen LogP contribution >= 0.6 is 0 Å². The number of benzene rings is 2. The van der Waals surface area contributed by atoms with Gasteiger partial charge in [0, 0.05) is 52.3 Å². The van der Waals surface area contributed by atoms with Crippen molar-refractivity contribution in [3.8, 4) is 5.75 Å². The van der Waals surface area contributed by atoms with Crippen LogP contribution in [-0.4, -0.2) is 79.5 Å². The van der Waals surface area contributed by atoms with Crippen LogP contribution in [0.4, 0.5) is 0 Å². The van der Waals surface area contributed by atoms with Crippen molar-refractivity contribution in [1.82, 2.24) is 14.7 Å². The molecule has 216 valence electrons. The van der Waals surface area contributed by atoms with Gasteiger partial charge in [-0.05, 0) is 67.1 Å². The molecule has 3 aromatic rings. The molecule has 1 unspecified atom stereocenters. The molecule has 8 heteroatoms. The number of rotatable bonds is 9. The van der Waals surface area contributed by atoms with E-state index in [-0.39, 0.29) is 30.4 Å². The first-order valence-corrected chi connectivity index (χ1v) is 14.7. The Bertz CT molecular complexity index is 1370. The van der Waals surface area contributed by atoms with Crippen LogP contribution in [0.5, 0.6) is 5.75 Å². The standard InChI is InChI=1S/C33H39N3O5/c1-23-3-5-25(6-4-23)31-29-21-27(10-9-24(29)13-14-36(31)32(37)26-7-8-26)40-22-28-11-12-30(41-28)33(38)35-17-15-34(16-18-35)19-20-39-2/h3-6,9-12,21,26,31H,7-8,13-20,22H2,1-2H3. The van der Waals surface area contributed by atoms with E-state index in [1.54, 1.807) is 13.2 Å². The Morgan fingerprint density at radius 3 is 2.46 bits per heavy atom. The number of carbonyl (C=O) groups is 2. The van der Waals surface area contributed by atoms with Crippen LogP contribution in [0.2, 0.25) is 0 Å². The maximum atomic E-state index is 13.3. The van der Waals surface area contributed by atoms with Gasteiger partial charge in [-0.3, -0.25) is 14.5 Å². The van der Waals surface area contributed by atoms with E-state index in [0.717, 1.165) is 62.3 Å². The zero-order chi connectivity index (χ0) is 28.3. The third-order valence-electron chi connectivity index (χ3n) is 8.47. The van der Waals surface area contributed by atoms with Gasteiger partial charge >= 0.3 is 0 Å². The Kier molecular flexibility index (Phi) is 8.12. The van der Waals surface area contributed by atoms with E-state index in [9.17, 15) is 9.59 Å². The first kappa shape index (κ1) is 27.5. The molecule has 0 radical (unpaired) electrons. The second-order valence-electron chi connectivity index (χ2n) is 11.4. The average molecular weight is 558 g/mol. The van der Waals surface area contributed by atoms with Crippen LogP contribution in [-0.2, 0) is 22.6 Å². The molecule has 6 rings (SSSR count). The highest BCUT2D eigenvalue weighted by Gasteiger charge is 2.39. The minimum Gasteiger partial charge on any atom is -0.486 e. The van der Waals surface area contributed by atoms with Crippen molar-refractivity contribution in [2.45, 2.75) is 38.8 Å². The third kappa shape index (κ3) is 6.19. The summed E-state index contributed by atoms with van der Waals surface area (Å²) in [5, 5.41) is 0. The normalized spacial score (nSPS) is 19.2. The number of hydrogen-bond donors (Lipinski definition) is 0. The Balaban J connectivity index is 1.13. The molecule has 41 heavy (non-hydrogen) atoms. The van der Waals surface area contributed by atoms with E-state index in [0.29, 0.717) is 31.2 Å². The number of methoxy groups -OCH3 is 1. The highest BCUT2D eigenvalue weighted by Crippen LogP contribution is 2.41. The molecule has 2 aromatic carbocycles. The zero-order valence-corrected chi connectivity index (χ0v) is 24.0. The number of ether oxygens (including phenoxy) is 2. The average Bonchev–Trinajstić information content (AvgIpc) is 3.75. The van der Waals surface area contributed by atoms with Crippen LogP contribution in [0, 0.1) is 12.8 Å². The molecule has 1 aromatic heterocycles. The molecule has 1 saturated carbocycles. The van der Waals surface area contributed by atoms with E-state index in [4.69, 9.17) is 13.9 Å². The fraction of sp³-hybridized carbons (Fsp3) is 0.455. The summed E-state index contributed by atoms with van der Waals surface area (Å²) < 4.78 is 17.2. The molecule has 3 heterocycles. The molecule has 1 saturated heterocycles. The van der Waals surface area contributed by atoms with Gasteiger partial charge in [-0.25, -0.2) is 0 Å². The van der Waals surface area contributed by atoms with Gasteiger partial charge in [0.15, 0.2) is 5.76 Å². The number of nitrogens with zero attached hydrogens (tertiary/aromatic N) is 3. The first-order chi connectivity index (χ1) is 20.0. The highest BCUT2D eigenvalue weighted by atomic mass is 16.5. The van der Waals surface area contributed by atoms with Crippen LogP contribution in [0.25, 0.3) is 0 Å². The highest BCUT2D eigenvalue weighted by molar-refractivity contribution is 5.91. The fourth-order valence-electron chi connectivity index (χ4n) is 5.87. The first-order valence-electron chi connectivity index (χ1n) is 14.7. The smallest absolute Gasteiger partial charge is 0.289 e. The van der Waals surface area contributed by atoms with Gasteiger partial charge in [0.05, 0.1) is 12.6 Å². The number of amides is 2. The SMILES string of the molecule is COCCN1CCN(C(=O)c2ccc(COc3ccc4c(c3)C(c3ccc(C)cc3)N(C(=O)C3CC3)CC4)o2)CC1. The Morgan fingerprint density at radius 1 is 0.951 bits per heavy atom. The summed E-state index contributed by atoms with van der Waals surface area (Å²) in [5.74, 6) is 2.00. The topological polar surface area (TPSA) is 75.5 Å². The summed E-state index contributed by atoms with van der Waals surface area (Å²) in [6, 6.07) is 18.1. The van der Waals surface area contributed by atoms with Crippen molar-refractivity contribution < 1.29 is 23.5 Å². The summed E-state index contributed by atoms with van der Waals surface area (Å²) in [7, 11) is 1.71. The molecule has 3 aliphatic rings. The molecule has 0 N–H and O–H groups in total. The monoisotopic (exact) mass is 557 g/mol. The third-order valence-corrected chi connectivity index (χ3v) is 8.47. The summed E-state index contributed by atoms with van der Waals surface area (Å²) in [6.45, 7) is 7.61. The molecule has 1 atom stereocenters. The largest absolute Gasteiger partial charge is 0.486 e. The zero-order valence-electron chi connectivity index (χ0n) is 24.0. The van der Waals surface area contributed by atoms with E-state index in [2.05, 4.69) is 53.1 Å². The van der Waals surface area contributed by atoms with Crippen molar-refractivity contribution in [2.24, 2.45) is 5.92 Å². The lowest BCUT2D eigenvalue weighted by atomic mass is 9.87. The summed E-state index contributed by atoms with van der Waals surface area (Å²) in [6.07, 6.45) is 2.81. The maximum Gasteiger partial charge on any atom is 0.289 e. The van der Waals surface area contributed by atoms with E-state index in [1.165, 1.54) is 11.1 Å². The van der Waals surface area contributed by atoms with Gasteiger partial charge in [0.2, 0.25) is 5.91 Å². The Morgan fingerprint density at radius 2 is 1.73 bits per heavy atom. The molecule has 8 nitrogen and oxygen atoms in total. The molecule has 2 fully saturated rings. The second kappa shape index (κ2) is 12.1. The number of carbonyl (C=O) groups excluding carboxylic acids is 2. The molecule has 0 spiro atoms. The Labute approximate surface area is 241 Å². The summed E-state index contributed by atoms with van der Waals surface area (Å²) >= 11 is 0. The van der Waals surface area contributed by atoms with E-state index >= 15 is 0 Å². The van der Waals surface area contributed by atoms with Crippen LogP contribution in [0.15, 0.2) is 59.0 Å². The molecular formula is C33H39N3O5. The predicted octanol–water partition coefficient (Wildman–Crippen LogP) is 4.46. The minimum atomic E-state index is -0.126. The lowest BCUT2D eigenvalue weighted by Gasteiger charge is -2.38. The van der Waals surface area contributed by atoms with Crippen molar-refractivity contribution in [2.75, 3.05) is 53.0 Å². The van der Waals surface area contributed by atoms with Gasteiger partial charge in [-0.2, -0.15) is 0 Å². The van der Waals surface area contributed by atoms with E-state index < -0.39 is 0 Å². The molecular weight excluding hydrogens is 518 g/mol. The van der Waals surface area contributed by atoms with Crippen molar-refractivity contribution >= 4 is 11.8 Å². The maximum absolute atomic E-state index is 13.3. The lowest BCUT2D eigenvalue weighted by molar-refractivity contribution is -0.134. The predicted molar refractivity (Wildman–Crippen MR) is 155 cm³/mol. The number of aryl methyl sites for hydroxylation is 1.